The SMILES string of the molecule is COc1cc2c(cc1O)CN1C(=O)CC[C@H]1C(=O)N2Cc1ccc(C(=O)NO)cc1. The molecule has 1 atom stereocenters. The van der Waals surface area contributed by atoms with Crippen molar-refractivity contribution in [2.75, 3.05) is 12.0 Å². The molecular formula is C21H21N3O6. The molecule has 1 saturated heterocycles. The Morgan fingerprint density at radius 1 is 1.23 bits per heavy atom. The number of aromatic hydroxyl groups is 1. The maximum Gasteiger partial charge on any atom is 0.274 e. The second-order valence-corrected chi connectivity index (χ2v) is 7.29. The number of anilines is 1. The van der Waals surface area contributed by atoms with Crippen LogP contribution < -0.4 is 15.1 Å². The van der Waals surface area contributed by atoms with Crippen molar-refractivity contribution in [3.63, 3.8) is 0 Å². The highest BCUT2D eigenvalue weighted by atomic mass is 16.5. The first kappa shape index (κ1) is 19.7. The molecular weight excluding hydrogens is 390 g/mol. The van der Waals surface area contributed by atoms with Gasteiger partial charge in [0.1, 0.15) is 6.04 Å². The first-order valence-electron chi connectivity index (χ1n) is 9.47. The number of carbonyl (C=O) groups is 3. The van der Waals surface area contributed by atoms with Gasteiger partial charge in [-0.25, -0.2) is 5.48 Å². The van der Waals surface area contributed by atoms with E-state index in [0.29, 0.717) is 24.1 Å². The first-order chi connectivity index (χ1) is 14.4. The summed E-state index contributed by atoms with van der Waals surface area (Å²) in [7, 11) is 1.43. The van der Waals surface area contributed by atoms with Gasteiger partial charge in [-0.2, -0.15) is 0 Å². The van der Waals surface area contributed by atoms with Crippen LogP contribution in [0.15, 0.2) is 36.4 Å². The van der Waals surface area contributed by atoms with Crippen molar-refractivity contribution in [1.29, 1.82) is 0 Å². The van der Waals surface area contributed by atoms with E-state index in [4.69, 9.17) is 9.94 Å². The fourth-order valence-corrected chi connectivity index (χ4v) is 3.98. The Balaban J connectivity index is 1.74. The molecule has 0 saturated carbocycles. The molecule has 0 spiro atoms. The standard InChI is InChI=1S/C21H21N3O6/c1-30-18-9-16-14(8-17(18)25)11-23-15(6-7-19(23)26)21(28)24(16)10-12-2-4-13(5-3-12)20(27)22-29/h2-5,8-9,15,25,29H,6-7,10-11H2,1H3,(H,22,27)/t15-/m0/s1. The molecule has 2 aromatic rings. The van der Waals surface area contributed by atoms with Crippen LogP contribution in [0.4, 0.5) is 5.69 Å². The third-order valence-electron chi connectivity index (χ3n) is 5.55. The van der Waals surface area contributed by atoms with E-state index in [9.17, 15) is 19.5 Å². The lowest BCUT2D eigenvalue weighted by atomic mass is 10.1. The van der Waals surface area contributed by atoms with Crippen molar-refractivity contribution < 1.29 is 29.4 Å². The van der Waals surface area contributed by atoms with Gasteiger partial charge in [-0.3, -0.25) is 19.6 Å². The van der Waals surface area contributed by atoms with Gasteiger partial charge in [0.25, 0.3) is 5.91 Å². The van der Waals surface area contributed by atoms with E-state index in [1.165, 1.54) is 13.2 Å². The van der Waals surface area contributed by atoms with Gasteiger partial charge in [-0.05, 0) is 35.7 Å². The monoisotopic (exact) mass is 411 g/mol. The highest BCUT2D eigenvalue weighted by molar-refractivity contribution is 6.02. The van der Waals surface area contributed by atoms with Crippen molar-refractivity contribution in [3.05, 3.63) is 53.1 Å². The molecule has 0 radical (unpaired) electrons. The van der Waals surface area contributed by atoms with Gasteiger partial charge in [0.2, 0.25) is 11.8 Å². The van der Waals surface area contributed by atoms with Crippen LogP contribution in [-0.4, -0.2) is 46.1 Å². The van der Waals surface area contributed by atoms with Gasteiger partial charge in [0, 0.05) is 24.6 Å². The minimum atomic E-state index is -0.627. The highest BCUT2D eigenvalue weighted by Crippen LogP contribution is 2.40. The maximum atomic E-state index is 13.4. The summed E-state index contributed by atoms with van der Waals surface area (Å²) in [6.07, 6.45) is 0.758. The lowest BCUT2D eigenvalue weighted by Gasteiger charge is -2.26. The Morgan fingerprint density at radius 2 is 1.97 bits per heavy atom. The van der Waals surface area contributed by atoms with Crippen LogP contribution in [-0.2, 0) is 22.7 Å². The highest BCUT2D eigenvalue weighted by Gasteiger charge is 2.42. The van der Waals surface area contributed by atoms with Crippen molar-refractivity contribution in [2.45, 2.75) is 32.0 Å². The summed E-state index contributed by atoms with van der Waals surface area (Å²) in [5.74, 6) is -0.749. The second kappa shape index (κ2) is 7.68. The molecule has 0 aromatic heterocycles. The van der Waals surface area contributed by atoms with E-state index in [-0.39, 0.29) is 42.0 Å². The van der Waals surface area contributed by atoms with Crippen molar-refractivity contribution >= 4 is 23.4 Å². The van der Waals surface area contributed by atoms with Crippen LogP contribution in [0.5, 0.6) is 11.5 Å². The summed E-state index contributed by atoms with van der Waals surface area (Å²) in [5, 5.41) is 19.0. The summed E-state index contributed by atoms with van der Waals surface area (Å²) in [4.78, 5) is 40.4. The Kier molecular flexibility index (Phi) is 5.04. The molecule has 30 heavy (non-hydrogen) atoms. The quantitative estimate of drug-likeness (QED) is 0.519. The third-order valence-corrected chi connectivity index (χ3v) is 5.55. The summed E-state index contributed by atoms with van der Waals surface area (Å²) in [5.41, 5.74) is 3.83. The van der Waals surface area contributed by atoms with Crippen LogP contribution in [0.25, 0.3) is 0 Å². The molecule has 2 aromatic carbocycles. The van der Waals surface area contributed by atoms with Crippen molar-refractivity contribution in [2.24, 2.45) is 0 Å². The zero-order valence-electron chi connectivity index (χ0n) is 16.3. The number of rotatable bonds is 4. The predicted molar refractivity (Wildman–Crippen MR) is 105 cm³/mol. The zero-order valence-corrected chi connectivity index (χ0v) is 16.3. The Labute approximate surface area is 172 Å². The van der Waals surface area contributed by atoms with Crippen LogP contribution in [0.3, 0.4) is 0 Å². The molecule has 2 aliphatic rings. The lowest BCUT2D eigenvalue weighted by molar-refractivity contribution is -0.134. The van der Waals surface area contributed by atoms with Gasteiger partial charge >= 0.3 is 0 Å². The van der Waals surface area contributed by atoms with E-state index in [0.717, 1.165) is 5.56 Å². The van der Waals surface area contributed by atoms with E-state index < -0.39 is 11.9 Å². The molecule has 3 amide bonds. The Bertz CT molecular complexity index is 1020. The summed E-state index contributed by atoms with van der Waals surface area (Å²) >= 11 is 0. The Hall–Kier alpha value is -3.59. The van der Waals surface area contributed by atoms with E-state index in [1.54, 1.807) is 45.6 Å². The number of phenolic OH excluding ortho intramolecular Hbond substituents is 1. The number of nitrogens with zero attached hydrogens (tertiary/aromatic N) is 2. The molecule has 9 nitrogen and oxygen atoms in total. The van der Waals surface area contributed by atoms with Crippen LogP contribution in [0.2, 0.25) is 0 Å². The number of phenols is 1. The van der Waals surface area contributed by atoms with Crippen molar-refractivity contribution in [1.82, 2.24) is 10.4 Å². The van der Waals surface area contributed by atoms with Crippen molar-refractivity contribution in [3.8, 4) is 11.5 Å². The number of carbonyl (C=O) groups excluding carboxylic acids is 3. The Morgan fingerprint density at radius 3 is 2.63 bits per heavy atom. The smallest absolute Gasteiger partial charge is 0.274 e. The summed E-state index contributed by atoms with van der Waals surface area (Å²) < 4.78 is 5.22. The first-order valence-corrected chi connectivity index (χ1v) is 9.47. The number of benzene rings is 2. The average molecular weight is 411 g/mol. The van der Waals surface area contributed by atoms with Gasteiger partial charge in [0.15, 0.2) is 11.5 Å². The van der Waals surface area contributed by atoms with Crippen LogP contribution >= 0.6 is 0 Å². The average Bonchev–Trinajstić information content (AvgIpc) is 3.07. The van der Waals surface area contributed by atoms with Gasteiger partial charge in [-0.15, -0.1) is 0 Å². The molecule has 4 rings (SSSR count). The number of fused-ring (bicyclic) bond motifs is 2. The number of hydrogen-bond acceptors (Lipinski definition) is 6. The van der Waals surface area contributed by atoms with Gasteiger partial charge in [-0.1, -0.05) is 12.1 Å². The molecule has 0 bridgehead atoms. The number of ether oxygens (including phenoxy) is 1. The maximum absolute atomic E-state index is 13.4. The minimum absolute atomic E-state index is 0.0619. The molecule has 156 valence electrons. The molecule has 1 fully saturated rings. The third kappa shape index (κ3) is 3.33. The summed E-state index contributed by atoms with van der Waals surface area (Å²) in [6, 6.07) is 9.05. The fourth-order valence-electron chi connectivity index (χ4n) is 3.98. The molecule has 0 aliphatic carbocycles. The number of nitrogens with one attached hydrogen (secondary N) is 1. The zero-order chi connectivity index (χ0) is 21.4. The summed E-state index contributed by atoms with van der Waals surface area (Å²) in [6.45, 7) is 0.438. The number of hydroxylamine groups is 1. The van der Waals surface area contributed by atoms with Gasteiger partial charge in [0.05, 0.1) is 19.3 Å². The number of amides is 3. The second-order valence-electron chi connectivity index (χ2n) is 7.29. The lowest BCUT2D eigenvalue weighted by Crippen LogP contribution is -2.43. The van der Waals surface area contributed by atoms with Crippen LogP contribution in [0.1, 0.15) is 34.3 Å². The minimum Gasteiger partial charge on any atom is -0.504 e. The number of hydrogen-bond donors (Lipinski definition) is 3. The van der Waals surface area contributed by atoms with E-state index in [2.05, 4.69) is 0 Å². The number of methoxy groups -OCH3 is 1. The van der Waals surface area contributed by atoms with E-state index >= 15 is 0 Å². The molecule has 3 N–H and O–H groups in total. The molecule has 0 unspecified atom stereocenters. The fraction of sp³-hybridized carbons (Fsp3) is 0.286. The predicted octanol–water partition coefficient (Wildman–Crippen LogP) is 1.56. The molecule has 2 aliphatic heterocycles. The van der Waals surface area contributed by atoms with Crippen LogP contribution in [0, 0.1) is 0 Å². The van der Waals surface area contributed by atoms with E-state index in [1.807, 2.05) is 0 Å². The molecule has 2 heterocycles. The normalized spacial score (nSPS) is 18.0. The molecule has 9 heteroatoms. The largest absolute Gasteiger partial charge is 0.504 e. The topological polar surface area (TPSA) is 119 Å². The van der Waals surface area contributed by atoms with Gasteiger partial charge < -0.3 is 19.6 Å².